The summed E-state index contributed by atoms with van der Waals surface area (Å²) >= 11 is 5.30. The van der Waals surface area contributed by atoms with E-state index in [1.807, 2.05) is 0 Å². The molecule has 1 aromatic rings. The van der Waals surface area contributed by atoms with Gasteiger partial charge in [0.1, 0.15) is 0 Å². The van der Waals surface area contributed by atoms with Crippen LogP contribution >= 0.6 is 27.3 Å². The molecule has 2 heterocycles. The van der Waals surface area contributed by atoms with Crippen LogP contribution in [0.15, 0.2) is 6.07 Å². The number of likely N-dealkylation sites (tertiary alicyclic amines) is 1. The van der Waals surface area contributed by atoms with E-state index >= 15 is 0 Å². The summed E-state index contributed by atoms with van der Waals surface area (Å²) in [6.45, 7) is 0.928. The molecule has 0 radical (unpaired) electrons. The Bertz CT molecular complexity index is 447. The number of thiophene rings is 1. The second kappa shape index (κ2) is 5.96. The zero-order valence-corrected chi connectivity index (χ0v) is 13.6. The number of aryl methyl sites for hydroxylation is 2. The Labute approximate surface area is 127 Å². The number of carbonyl (C=O) groups is 1. The summed E-state index contributed by atoms with van der Waals surface area (Å²) in [5.41, 5.74) is 1.44. The maximum absolute atomic E-state index is 12.7. The molecule has 1 aliphatic carbocycles. The van der Waals surface area contributed by atoms with Crippen LogP contribution in [0.3, 0.4) is 0 Å². The highest BCUT2D eigenvalue weighted by Gasteiger charge is 2.28. The van der Waals surface area contributed by atoms with Crippen molar-refractivity contribution in [3.05, 3.63) is 21.4 Å². The molecule has 0 aromatic carbocycles. The second-order valence-electron chi connectivity index (χ2n) is 5.57. The Morgan fingerprint density at radius 1 is 1.32 bits per heavy atom. The van der Waals surface area contributed by atoms with Crippen LogP contribution in [-0.4, -0.2) is 28.7 Å². The first-order valence-corrected chi connectivity index (χ1v) is 9.22. The number of carbonyl (C=O) groups excluding carboxylic acids is 1. The Morgan fingerprint density at radius 2 is 2.16 bits per heavy atom. The standard InChI is InChI=1S/C15H20BrNOS/c16-10-12-6-3-4-8-17(12)15(18)14-9-11-5-1-2-7-13(11)19-14/h9,12H,1-8,10H2. The number of rotatable bonds is 2. The van der Waals surface area contributed by atoms with Crippen LogP contribution in [-0.2, 0) is 12.8 Å². The highest BCUT2D eigenvalue weighted by molar-refractivity contribution is 9.09. The van der Waals surface area contributed by atoms with E-state index in [0.717, 1.165) is 29.6 Å². The van der Waals surface area contributed by atoms with E-state index in [4.69, 9.17) is 0 Å². The Morgan fingerprint density at radius 3 is 2.95 bits per heavy atom. The Kier molecular flexibility index (Phi) is 4.27. The largest absolute Gasteiger partial charge is 0.334 e. The molecule has 0 saturated carbocycles. The number of piperidine rings is 1. The average Bonchev–Trinajstić information content (AvgIpc) is 2.90. The van der Waals surface area contributed by atoms with Crippen LogP contribution in [0.4, 0.5) is 0 Å². The summed E-state index contributed by atoms with van der Waals surface area (Å²) in [6, 6.07) is 2.56. The van der Waals surface area contributed by atoms with Gasteiger partial charge in [-0.1, -0.05) is 15.9 Å². The minimum absolute atomic E-state index is 0.267. The molecular formula is C15H20BrNOS. The first kappa shape index (κ1) is 13.6. The van der Waals surface area contributed by atoms with Crippen LogP contribution in [0.25, 0.3) is 0 Å². The molecule has 3 rings (SSSR count). The minimum Gasteiger partial charge on any atom is -0.334 e. The van der Waals surface area contributed by atoms with Gasteiger partial charge in [-0.3, -0.25) is 4.79 Å². The summed E-state index contributed by atoms with van der Waals surface area (Å²) in [6.07, 6.45) is 8.46. The highest BCUT2D eigenvalue weighted by atomic mass is 79.9. The van der Waals surface area contributed by atoms with Gasteiger partial charge in [-0.15, -0.1) is 11.3 Å². The molecule has 1 fully saturated rings. The molecule has 1 saturated heterocycles. The molecular weight excluding hydrogens is 322 g/mol. The van der Waals surface area contributed by atoms with Gasteiger partial charge in [-0.05, 0) is 56.6 Å². The van der Waals surface area contributed by atoms with Crippen LogP contribution in [0.5, 0.6) is 0 Å². The molecule has 1 aliphatic heterocycles. The number of amides is 1. The van der Waals surface area contributed by atoms with Crippen molar-refractivity contribution >= 4 is 33.2 Å². The summed E-state index contributed by atoms with van der Waals surface area (Å²) in [7, 11) is 0. The zero-order valence-electron chi connectivity index (χ0n) is 11.2. The fourth-order valence-electron chi connectivity index (χ4n) is 3.17. The van der Waals surface area contributed by atoms with E-state index < -0.39 is 0 Å². The summed E-state index contributed by atoms with van der Waals surface area (Å²) in [5, 5.41) is 0.907. The number of nitrogens with zero attached hydrogens (tertiary/aromatic N) is 1. The molecule has 1 unspecified atom stereocenters. The molecule has 0 bridgehead atoms. The lowest BCUT2D eigenvalue weighted by atomic mass is 9.99. The van der Waals surface area contributed by atoms with Crippen molar-refractivity contribution in [2.45, 2.75) is 51.0 Å². The van der Waals surface area contributed by atoms with Gasteiger partial charge >= 0.3 is 0 Å². The lowest BCUT2D eigenvalue weighted by molar-refractivity contribution is 0.0647. The SMILES string of the molecule is O=C(c1cc2c(s1)CCCC2)N1CCCCC1CBr. The number of fused-ring (bicyclic) bond motifs is 1. The molecule has 2 nitrogen and oxygen atoms in total. The second-order valence-corrected chi connectivity index (χ2v) is 7.35. The monoisotopic (exact) mass is 341 g/mol. The maximum Gasteiger partial charge on any atom is 0.264 e. The number of halogens is 1. The third kappa shape index (κ3) is 2.75. The smallest absolute Gasteiger partial charge is 0.264 e. The first-order valence-electron chi connectivity index (χ1n) is 7.28. The van der Waals surface area contributed by atoms with Crippen molar-refractivity contribution in [3.63, 3.8) is 0 Å². The number of hydrogen-bond donors (Lipinski definition) is 0. The molecule has 1 amide bonds. The molecule has 1 atom stereocenters. The van der Waals surface area contributed by atoms with Crippen molar-refractivity contribution in [2.75, 3.05) is 11.9 Å². The molecule has 19 heavy (non-hydrogen) atoms. The van der Waals surface area contributed by atoms with Crippen molar-refractivity contribution in [2.24, 2.45) is 0 Å². The van der Waals surface area contributed by atoms with Crippen molar-refractivity contribution in [1.82, 2.24) is 4.90 Å². The zero-order chi connectivity index (χ0) is 13.2. The van der Waals surface area contributed by atoms with Crippen LogP contribution in [0.2, 0.25) is 0 Å². The van der Waals surface area contributed by atoms with Gasteiger partial charge in [0.15, 0.2) is 0 Å². The first-order chi connectivity index (χ1) is 9.29. The van der Waals surface area contributed by atoms with Crippen LogP contribution in [0.1, 0.15) is 52.2 Å². The lowest BCUT2D eigenvalue weighted by Crippen LogP contribution is -2.44. The predicted octanol–water partition coefficient (Wildman–Crippen LogP) is 4.02. The molecule has 0 N–H and O–H groups in total. The highest BCUT2D eigenvalue weighted by Crippen LogP contribution is 2.31. The van der Waals surface area contributed by atoms with Crippen molar-refractivity contribution in [1.29, 1.82) is 0 Å². The third-order valence-corrected chi connectivity index (χ3v) is 6.25. The average molecular weight is 342 g/mol. The van der Waals surface area contributed by atoms with Gasteiger partial charge < -0.3 is 4.90 Å². The van der Waals surface area contributed by atoms with E-state index in [2.05, 4.69) is 26.9 Å². The van der Waals surface area contributed by atoms with E-state index in [1.165, 1.54) is 42.5 Å². The fourth-order valence-corrected chi connectivity index (χ4v) is 5.05. The summed E-state index contributed by atoms with van der Waals surface area (Å²) in [5.74, 6) is 0.267. The Hall–Kier alpha value is -0.350. The fraction of sp³-hybridized carbons (Fsp3) is 0.667. The Balaban J connectivity index is 1.80. The lowest BCUT2D eigenvalue weighted by Gasteiger charge is -2.34. The third-order valence-electron chi connectivity index (χ3n) is 4.27. The van der Waals surface area contributed by atoms with Gasteiger partial charge in [0.05, 0.1) is 4.88 Å². The maximum atomic E-state index is 12.7. The quantitative estimate of drug-likeness (QED) is 0.744. The molecule has 0 spiro atoms. The topological polar surface area (TPSA) is 20.3 Å². The van der Waals surface area contributed by atoms with Gasteiger partial charge in [-0.2, -0.15) is 0 Å². The molecule has 4 heteroatoms. The van der Waals surface area contributed by atoms with Gasteiger partial charge in [0, 0.05) is 22.8 Å². The molecule has 2 aliphatic rings. The van der Waals surface area contributed by atoms with E-state index in [9.17, 15) is 4.79 Å². The van der Waals surface area contributed by atoms with Gasteiger partial charge in [0.2, 0.25) is 0 Å². The summed E-state index contributed by atoms with van der Waals surface area (Å²) in [4.78, 5) is 17.2. The van der Waals surface area contributed by atoms with Gasteiger partial charge in [-0.25, -0.2) is 0 Å². The molecule has 104 valence electrons. The number of alkyl halides is 1. The normalized spacial score (nSPS) is 23.2. The van der Waals surface area contributed by atoms with Crippen LogP contribution in [0, 0.1) is 0 Å². The van der Waals surface area contributed by atoms with Gasteiger partial charge in [0.25, 0.3) is 5.91 Å². The minimum atomic E-state index is 0.267. The van der Waals surface area contributed by atoms with Crippen molar-refractivity contribution < 1.29 is 4.79 Å². The predicted molar refractivity (Wildman–Crippen MR) is 83.4 cm³/mol. The van der Waals surface area contributed by atoms with E-state index in [0.29, 0.717) is 6.04 Å². The van der Waals surface area contributed by atoms with E-state index in [-0.39, 0.29) is 5.91 Å². The van der Waals surface area contributed by atoms with Crippen molar-refractivity contribution in [3.8, 4) is 0 Å². The number of hydrogen-bond acceptors (Lipinski definition) is 2. The summed E-state index contributed by atoms with van der Waals surface area (Å²) < 4.78 is 0. The van der Waals surface area contributed by atoms with E-state index in [1.54, 1.807) is 11.3 Å². The van der Waals surface area contributed by atoms with Crippen LogP contribution < -0.4 is 0 Å². The molecule has 1 aromatic heterocycles.